The summed E-state index contributed by atoms with van der Waals surface area (Å²) >= 11 is 6.43. The summed E-state index contributed by atoms with van der Waals surface area (Å²) in [6.07, 6.45) is 3.28. The normalized spacial score (nSPS) is 13.9. The van der Waals surface area contributed by atoms with Gasteiger partial charge in [-0.3, -0.25) is 0 Å². The zero-order chi connectivity index (χ0) is 14.9. The smallest absolute Gasteiger partial charge is 0.128 e. The van der Waals surface area contributed by atoms with E-state index in [2.05, 4.69) is 50.5 Å². The molecule has 1 atom stereocenters. The fourth-order valence-corrected chi connectivity index (χ4v) is 3.43. The third kappa shape index (κ3) is 2.24. The number of nitrogens with zero attached hydrogens (tertiary/aromatic N) is 2. The first-order chi connectivity index (χ1) is 9.50. The quantitative estimate of drug-likeness (QED) is 0.659. The van der Waals surface area contributed by atoms with Gasteiger partial charge < -0.3 is 4.57 Å². The molecule has 1 aromatic carbocycles. The maximum absolute atomic E-state index is 6.43. The number of benzene rings is 1. The first kappa shape index (κ1) is 15.4. The van der Waals surface area contributed by atoms with Crippen LogP contribution in [0, 0.1) is 6.92 Å². The average Bonchev–Trinajstić information content (AvgIpc) is 2.83. The Balaban J connectivity index is 2.87. The Labute approximate surface area is 127 Å². The molecule has 2 rings (SSSR count). The second-order valence-electron chi connectivity index (χ2n) is 5.65. The highest BCUT2D eigenvalue weighted by atomic mass is 35.5. The summed E-state index contributed by atoms with van der Waals surface area (Å²) in [6.45, 7) is 11.0. The van der Waals surface area contributed by atoms with Gasteiger partial charge in [0.1, 0.15) is 5.82 Å². The van der Waals surface area contributed by atoms with Gasteiger partial charge in [-0.25, -0.2) is 4.98 Å². The number of para-hydroxylation sites is 1. The number of alkyl halides is 1. The van der Waals surface area contributed by atoms with Crippen LogP contribution in [-0.4, -0.2) is 9.55 Å². The summed E-state index contributed by atoms with van der Waals surface area (Å²) in [7, 11) is 0. The standard InChI is InChI=1S/C17H25ClN2/c1-6-17(7-2,8-3)20-15-12(4)10-9-11-14(15)19-16(20)13(5)18/h9-11,13H,6-8H2,1-5H3. The van der Waals surface area contributed by atoms with Gasteiger partial charge in [-0.2, -0.15) is 0 Å². The molecule has 20 heavy (non-hydrogen) atoms. The molecule has 1 aromatic heterocycles. The highest BCUT2D eigenvalue weighted by Crippen LogP contribution is 2.38. The van der Waals surface area contributed by atoms with Gasteiger partial charge in [-0.1, -0.05) is 32.9 Å². The van der Waals surface area contributed by atoms with Crippen LogP contribution < -0.4 is 0 Å². The summed E-state index contributed by atoms with van der Waals surface area (Å²) in [6, 6.07) is 6.32. The predicted octanol–water partition coefficient (Wildman–Crippen LogP) is 5.57. The predicted molar refractivity (Wildman–Crippen MR) is 87.6 cm³/mol. The van der Waals surface area contributed by atoms with Crippen LogP contribution in [0.15, 0.2) is 18.2 Å². The van der Waals surface area contributed by atoms with E-state index >= 15 is 0 Å². The van der Waals surface area contributed by atoms with Gasteiger partial charge >= 0.3 is 0 Å². The van der Waals surface area contributed by atoms with Gasteiger partial charge in [0.05, 0.1) is 16.4 Å². The van der Waals surface area contributed by atoms with E-state index < -0.39 is 0 Å². The molecule has 1 unspecified atom stereocenters. The van der Waals surface area contributed by atoms with Crippen molar-refractivity contribution in [2.45, 2.75) is 64.8 Å². The molecule has 0 N–H and O–H groups in total. The Morgan fingerprint density at radius 1 is 1.20 bits per heavy atom. The third-order valence-electron chi connectivity index (χ3n) is 4.71. The van der Waals surface area contributed by atoms with E-state index in [1.807, 2.05) is 6.92 Å². The van der Waals surface area contributed by atoms with Crippen molar-refractivity contribution < 1.29 is 0 Å². The third-order valence-corrected chi connectivity index (χ3v) is 4.90. The monoisotopic (exact) mass is 292 g/mol. The fraction of sp³-hybridized carbons (Fsp3) is 0.588. The lowest BCUT2D eigenvalue weighted by Crippen LogP contribution is -2.33. The molecule has 2 nitrogen and oxygen atoms in total. The van der Waals surface area contributed by atoms with E-state index in [0.717, 1.165) is 30.6 Å². The van der Waals surface area contributed by atoms with Crippen molar-refractivity contribution in [2.24, 2.45) is 0 Å². The summed E-state index contributed by atoms with van der Waals surface area (Å²) < 4.78 is 2.43. The van der Waals surface area contributed by atoms with Crippen molar-refractivity contribution in [1.82, 2.24) is 9.55 Å². The maximum Gasteiger partial charge on any atom is 0.128 e. The molecule has 0 aliphatic carbocycles. The number of aromatic nitrogens is 2. The molecule has 0 radical (unpaired) electrons. The number of rotatable bonds is 5. The summed E-state index contributed by atoms with van der Waals surface area (Å²) in [4.78, 5) is 4.81. The number of fused-ring (bicyclic) bond motifs is 1. The molecule has 0 spiro atoms. The van der Waals surface area contributed by atoms with Crippen LogP contribution in [0.25, 0.3) is 11.0 Å². The van der Waals surface area contributed by atoms with E-state index in [0.29, 0.717) is 0 Å². The molecule has 110 valence electrons. The minimum absolute atomic E-state index is 0.0779. The first-order valence-corrected chi connectivity index (χ1v) is 8.06. The lowest BCUT2D eigenvalue weighted by molar-refractivity contribution is 0.250. The lowest BCUT2D eigenvalue weighted by atomic mass is 9.88. The van der Waals surface area contributed by atoms with Crippen LogP contribution in [0.4, 0.5) is 0 Å². The zero-order valence-corrected chi connectivity index (χ0v) is 14.0. The van der Waals surface area contributed by atoms with E-state index in [4.69, 9.17) is 16.6 Å². The number of aryl methyl sites for hydroxylation is 1. The van der Waals surface area contributed by atoms with Gasteiger partial charge in [0, 0.05) is 5.54 Å². The van der Waals surface area contributed by atoms with Crippen molar-refractivity contribution in [3.63, 3.8) is 0 Å². The minimum atomic E-state index is -0.0779. The van der Waals surface area contributed by atoms with Crippen LogP contribution in [0.2, 0.25) is 0 Å². The summed E-state index contributed by atoms with van der Waals surface area (Å²) in [5, 5.41) is -0.0779. The van der Waals surface area contributed by atoms with E-state index in [-0.39, 0.29) is 10.9 Å². The average molecular weight is 293 g/mol. The molecule has 0 bridgehead atoms. The highest BCUT2D eigenvalue weighted by Gasteiger charge is 2.32. The Morgan fingerprint density at radius 2 is 1.80 bits per heavy atom. The SMILES string of the molecule is CCC(CC)(CC)n1c(C(C)Cl)nc2cccc(C)c21. The largest absolute Gasteiger partial charge is 0.320 e. The van der Waals surface area contributed by atoms with Crippen molar-refractivity contribution in [2.75, 3.05) is 0 Å². The van der Waals surface area contributed by atoms with E-state index in [9.17, 15) is 0 Å². The lowest BCUT2D eigenvalue weighted by Gasteiger charge is -2.35. The molecule has 0 saturated heterocycles. The van der Waals surface area contributed by atoms with Gasteiger partial charge in [0.25, 0.3) is 0 Å². The fourth-order valence-electron chi connectivity index (χ4n) is 3.28. The summed E-state index contributed by atoms with van der Waals surface area (Å²) in [5.74, 6) is 1.00. The first-order valence-electron chi connectivity index (χ1n) is 7.63. The van der Waals surface area contributed by atoms with Crippen LogP contribution in [0.5, 0.6) is 0 Å². The molecule has 0 fully saturated rings. The van der Waals surface area contributed by atoms with Crippen LogP contribution in [0.1, 0.15) is 63.7 Å². The minimum Gasteiger partial charge on any atom is -0.320 e. The van der Waals surface area contributed by atoms with Crippen molar-refractivity contribution in [3.8, 4) is 0 Å². The molecule has 0 amide bonds. The number of imidazole rings is 1. The molecule has 0 saturated carbocycles. The number of hydrogen-bond donors (Lipinski definition) is 0. The van der Waals surface area contributed by atoms with Gasteiger partial charge in [0.2, 0.25) is 0 Å². The molecular weight excluding hydrogens is 268 g/mol. The molecule has 2 aromatic rings. The topological polar surface area (TPSA) is 17.8 Å². The maximum atomic E-state index is 6.43. The molecule has 1 heterocycles. The van der Waals surface area contributed by atoms with Gasteiger partial charge in [-0.15, -0.1) is 11.6 Å². The summed E-state index contributed by atoms with van der Waals surface area (Å²) in [5.41, 5.74) is 3.70. The second-order valence-corrected chi connectivity index (χ2v) is 6.30. The van der Waals surface area contributed by atoms with E-state index in [1.165, 1.54) is 11.1 Å². The van der Waals surface area contributed by atoms with Crippen LogP contribution in [0.3, 0.4) is 0 Å². The molecule has 0 aliphatic heterocycles. The van der Waals surface area contributed by atoms with Gasteiger partial charge in [0.15, 0.2) is 0 Å². The second kappa shape index (κ2) is 5.77. The van der Waals surface area contributed by atoms with Crippen molar-refractivity contribution >= 4 is 22.6 Å². The number of hydrogen-bond acceptors (Lipinski definition) is 1. The van der Waals surface area contributed by atoms with Crippen LogP contribution in [-0.2, 0) is 5.54 Å². The highest BCUT2D eigenvalue weighted by molar-refractivity contribution is 6.20. The van der Waals surface area contributed by atoms with Crippen molar-refractivity contribution in [1.29, 1.82) is 0 Å². The van der Waals surface area contributed by atoms with Crippen LogP contribution >= 0.6 is 11.6 Å². The van der Waals surface area contributed by atoms with E-state index in [1.54, 1.807) is 0 Å². The zero-order valence-electron chi connectivity index (χ0n) is 13.2. The Kier molecular flexibility index (Phi) is 4.43. The Morgan fingerprint density at radius 3 is 2.30 bits per heavy atom. The molecular formula is C17H25ClN2. The Bertz CT molecular complexity index is 586. The van der Waals surface area contributed by atoms with Gasteiger partial charge in [-0.05, 0) is 44.7 Å². The van der Waals surface area contributed by atoms with Crippen molar-refractivity contribution in [3.05, 3.63) is 29.6 Å². The molecule has 0 aliphatic rings. The number of halogens is 1. The molecule has 3 heteroatoms. The Hall–Kier alpha value is -1.02.